The SMILES string of the molecule is CCC(C)NC(=O)c1nc(C(=O)NCc2ccccc2OC)c2n1CCCC2. The molecule has 2 aromatic rings. The molecule has 7 nitrogen and oxygen atoms in total. The van der Waals surface area contributed by atoms with E-state index in [4.69, 9.17) is 4.74 Å². The van der Waals surface area contributed by atoms with Crippen LogP contribution >= 0.6 is 0 Å². The highest BCUT2D eigenvalue weighted by Gasteiger charge is 2.27. The predicted molar refractivity (Wildman–Crippen MR) is 107 cm³/mol. The Hall–Kier alpha value is -2.83. The van der Waals surface area contributed by atoms with Gasteiger partial charge in [-0.25, -0.2) is 4.98 Å². The van der Waals surface area contributed by atoms with E-state index in [0.717, 1.165) is 42.7 Å². The van der Waals surface area contributed by atoms with E-state index in [9.17, 15) is 9.59 Å². The van der Waals surface area contributed by atoms with Crippen LogP contribution in [0, 0.1) is 0 Å². The molecule has 1 aliphatic rings. The third kappa shape index (κ3) is 4.18. The number of nitrogens with one attached hydrogen (secondary N) is 2. The summed E-state index contributed by atoms with van der Waals surface area (Å²) in [4.78, 5) is 29.9. The number of carbonyl (C=O) groups excluding carboxylic acids is 2. The molecule has 1 aromatic carbocycles. The number of methoxy groups -OCH3 is 1. The third-order valence-electron chi connectivity index (χ3n) is 5.16. The number of ether oxygens (including phenoxy) is 1. The van der Waals surface area contributed by atoms with E-state index in [2.05, 4.69) is 15.6 Å². The third-order valence-corrected chi connectivity index (χ3v) is 5.16. The van der Waals surface area contributed by atoms with Crippen molar-refractivity contribution < 1.29 is 14.3 Å². The van der Waals surface area contributed by atoms with Crippen LogP contribution in [0.5, 0.6) is 5.75 Å². The summed E-state index contributed by atoms with van der Waals surface area (Å²) in [5.41, 5.74) is 2.09. The Balaban J connectivity index is 1.81. The highest BCUT2D eigenvalue weighted by Crippen LogP contribution is 2.22. The van der Waals surface area contributed by atoms with Gasteiger partial charge in [0.1, 0.15) is 11.4 Å². The van der Waals surface area contributed by atoms with E-state index in [1.807, 2.05) is 42.7 Å². The molecular weight excluding hydrogens is 356 g/mol. The Kier molecular flexibility index (Phi) is 6.34. The summed E-state index contributed by atoms with van der Waals surface area (Å²) in [5, 5.41) is 5.87. The van der Waals surface area contributed by atoms with E-state index in [0.29, 0.717) is 24.6 Å². The Morgan fingerprint density at radius 1 is 1.25 bits per heavy atom. The predicted octanol–water partition coefficient (Wildman–Crippen LogP) is 2.69. The number of hydrogen-bond acceptors (Lipinski definition) is 4. The number of rotatable bonds is 7. The van der Waals surface area contributed by atoms with Crippen LogP contribution in [0.15, 0.2) is 24.3 Å². The summed E-state index contributed by atoms with van der Waals surface area (Å²) >= 11 is 0. The van der Waals surface area contributed by atoms with Gasteiger partial charge in [0.15, 0.2) is 5.82 Å². The van der Waals surface area contributed by atoms with Crippen LogP contribution in [0.4, 0.5) is 0 Å². The number of carbonyl (C=O) groups is 2. The number of hydrogen-bond donors (Lipinski definition) is 2. The van der Waals surface area contributed by atoms with Gasteiger partial charge in [0.2, 0.25) is 0 Å². The second-order valence-electron chi connectivity index (χ2n) is 7.12. The van der Waals surface area contributed by atoms with Gasteiger partial charge in [-0.05, 0) is 38.7 Å². The average Bonchev–Trinajstić information content (AvgIpc) is 3.12. The minimum atomic E-state index is -0.265. The number of benzene rings is 1. The molecule has 1 unspecified atom stereocenters. The Morgan fingerprint density at radius 3 is 2.79 bits per heavy atom. The van der Waals surface area contributed by atoms with Crippen LogP contribution in [0.25, 0.3) is 0 Å². The van der Waals surface area contributed by atoms with Crippen molar-refractivity contribution in [3.05, 3.63) is 47.0 Å². The summed E-state index contributed by atoms with van der Waals surface area (Å²) < 4.78 is 7.24. The van der Waals surface area contributed by atoms with E-state index in [1.165, 1.54) is 0 Å². The lowest BCUT2D eigenvalue weighted by molar-refractivity contribution is 0.0923. The lowest BCUT2D eigenvalue weighted by Gasteiger charge is -2.18. The molecule has 7 heteroatoms. The van der Waals surface area contributed by atoms with Gasteiger partial charge in [-0.2, -0.15) is 0 Å². The molecule has 2 heterocycles. The molecule has 150 valence electrons. The molecule has 0 fully saturated rings. The van der Waals surface area contributed by atoms with Gasteiger partial charge in [0.05, 0.1) is 12.8 Å². The topological polar surface area (TPSA) is 85.2 Å². The number of nitrogens with zero attached hydrogens (tertiary/aromatic N) is 2. The molecule has 1 atom stereocenters. The van der Waals surface area contributed by atoms with Crippen LogP contribution in [0.2, 0.25) is 0 Å². The summed E-state index contributed by atoms with van der Waals surface area (Å²) in [6.45, 7) is 5.02. The maximum atomic E-state index is 12.8. The molecular formula is C21H28N4O3. The van der Waals surface area contributed by atoms with Crippen molar-refractivity contribution in [2.45, 2.75) is 58.7 Å². The number of amides is 2. The first kappa shape index (κ1) is 19.9. The zero-order valence-corrected chi connectivity index (χ0v) is 16.7. The molecule has 0 spiro atoms. The maximum Gasteiger partial charge on any atom is 0.287 e. The highest BCUT2D eigenvalue weighted by molar-refractivity contribution is 5.97. The number of aromatic nitrogens is 2. The fraction of sp³-hybridized carbons (Fsp3) is 0.476. The van der Waals surface area contributed by atoms with Crippen LogP contribution in [0.1, 0.15) is 65.5 Å². The van der Waals surface area contributed by atoms with Crippen LogP contribution in [0.3, 0.4) is 0 Å². The van der Waals surface area contributed by atoms with Crippen molar-refractivity contribution in [2.75, 3.05) is 7.11 Å². The Morgan fingerprint density at radius 2 is 2.04 bits per heavy atom. The van der Waals surface area contributed by atoms with Crippen LogP contribution in [-0.2, 0) is 19.5 Å². The molecule has 28 heavy (non-hydrogen) atoms. The fourth-order valence-electron chi connectivity index (χ4n) is 3.40. The fourth-order valence-corrected chi connectivity index (χ4v) is 3.40. The summed E-state index contributed by atoms with van der Waals surface area (Å²) in [6.07, 6.45) is 3.56. The first-order valence-electron chi connectivity index (χ1n) is 9.85. The standard InChI is InChI=1S/C21H28N4O3/c1-4-14(2)23-21(27)19-24-18(16-10-7-8-12-25(16)19)20(26)22-13-15-9-5-6-11-17(15)28-3/h5-6,9,11,14H,4,7-8,10,12-13H2,1-3H3,(H,22,26)(H,23,27). The molecule has 1 aromatic heterocycles. The Labute approximate surface area is 165 Å². The molecule has 0 radical (unpaired) electrons. The van der Waals surface area contributed by atoms with Crippen molar-refractivity contribution in [3.8, 4) is 5.75 Å². The molecule has 0 aliphatic carbocycles. The Bertz CT molecular complexity index is 859. The molecule has 0 saturated carbocycles. The van der Waals surface area contributed by atoms with E-state index in [1.54, 1.807) is 7.11 Å². The van der Waals surface area contributed by atoms with Gasteiger partial charge in [0, 0.05) is 24.7 Å². The van der Waals surface area contributed by atoms with Crippen molar-refractivity contribution in [1.82, 2.24) is 20.2 Å². The van der Waals surface area contributed by atoms with Crippen molar-refractivity contribution in [2.24, 2.45) is 0 Å². The van der Waals surface area contributed by atoms with Gasteiger partial charge < -0.3 is 19.9 Å². The van der Waals surface area contributed by atoms with Crippen molar-refractivity contribution >= 4 is 11.8 Å². The molecule has 2 N–H and O–H groups in total. The average molecular weight is 384 g/mol. The van der Waals surface area contributed by atoms with E-state index in [-0.39, 0.29) is 17.9 Å². The van der Waals surface area contributed by atoms with E-state index < -0.39 is 0 Å². The highest BCUT2D eigenvalue weighted by atomic mass is 16.5. The van der Waals surface area contributed by atoms with Gasteiger partial charge >= 0.3 is 0 Å². The van der Waals surface area contributed by atoms with Crippen LogP contribution < -0.4 is 15.4 Å². The summed E-state index contributed by atoms with van der Waals surface area (Å²) in [6, 6.07) is 7.62. The molecule has 3 rings (SSSR count). The van der Waals surface area contributed by atoms with Crippen molar-refractivity contribution in [1.29, 1.82) is 0 Å². The lowest BCUT2D eigenvalue weighted by atomic mass is 10.1. The minimum absolute atomic E-state index is 0.0619. The van der Waals surface area contributed by atoms with E-state index >= 15 is 0 Å². The monoisotopic (exact) mass is 384 g/mol. The molecule has 2 amide bonds. The van der Waals surface area contributed by atoms with Crippen LogP contribution in [-0.4, -0.2) is 34.5 Å². The normalized spacial score (nSPS) is 14.1. The lowest BCUT2D eigenvalue weighted by Crippen LogP contribution is -2.34. The number of fused-ring (bicyclic) bond motifs is 1. The first-order valence-corrected chi connectivity index (χ1v) is 9.85. The second kappa shape index (κ2) is 8.91. The molecule has 0 saturated heterocycles. The van der Waals surface area contributed by atoms with Gasteiger partial charge in [0.25, 0.3) is 11.8 Å². The van der Waals surface area contributed by atoms with Gasteiger partial charge in [-0.15, -0.1) is 0 Å². The smallest absolute Gasteiger partial charge is 0.287 e. The summed E-state index contributed by atoms with van der Waals surface area (Å²) in [7, 11) is 1.61. The minimum Gasteiger partial charge on any atom is -0.496 e. The zero-order chi connectivity index (χ0) is 20.1. The quantitative estimate of drug-likeness (QED) is 0.769. The zero-order valence-electron chi connectivity index (χ0n) is 16.7. The molecule has 0 bridgehead atoms. The van der Waals surface area contributed by atoms with Gasteiger partial charge in [-0.1, -0.05) is 25.1 Å². The summed E-state index contributed by atoms with van der Waals surface area (Å²) in [5.74, 6) is 0.571. The van der Waals surface area contributed by atoms with Gasteiger partial charge in [-0.3, -0.25) is 9.59 Å². The largest absolute Gasteiger partial charge is 0.496 e. The number of para-hydroxylation sites is 1. The molecule has 1 aliphatic heterocycles. The number of imidazole rings is 1. The van der Waals surface area contributed by atoms with Crippen molar-refractivity contribution in [3.63, 3.8) is 0 Å². The first-order chi connectivity index (χ1) is 13.5. The second-order valence-corrected chi connectivity index (χ2v) is 7.12. The maximum absolute atomic E-state index is 12.8.